The van der Waals surface area contributed by atoms with Crippen LogP contribution in [-0.2, 0) is 14.3 Å². The number of benzene rings is 1. The van der Waals surface area contributed by atoms with Crippen molar-refractivity contribution in [2.75, 3.05) is 18.5 Å². The van der Waals surface area contributed by atoms with Gasteiger partial charge in [-0.3, -0.25) is 9.78 Å². The molecule has 0 saturated carbocycles. The Morgan fingerprint density at radius 3 is 2.82 bits per heavy atom. The molecule has 0 spiro atoms. The number of aromatic nitrogens is 1. The minimum Gasteiger partial charge on any atom is -0.459 e. The van der Waals surface area contributed by atoms with Crippen molar-refractivity contribution in [1.82, 2.24) is 4.98 Å². The number of carbonyl (C=O) groups excluding carboxylic acids is 1. The van der Waals surface area contributed by atoms with Gasteiger partial charge in [0.1, 0.15) is 0 Å². The summed E-state index contributed by atoms with van der Waals surface area (Å²) in [7, 11) is 0. The van der Waals surface area contributed by atoms with E-state index in [0.29, 0.717) is 30.2 Å². The molecular weight excluding hydrogens is 380 g/mol. The number of halogens is 1. The fourth-order valence-corrected chi connectivity index (χ4v) is 3.04. The first-order valence-electron chi connectivity index (χ1n) is 9.23. The molecule has 2 heterocycles. The van der Waals surface area contributed by atoms with Crippen molar-refractivity contribution in [3.8, 4) is 0 Å². The molecular formula is C21H23ClN2O4. The van der Waals surface area contributed by atoms with E-state index in [1.807, 2.05) is 30.3 Å². The molecule has 7 heteroatoms. The third-order valence-electron chi connectivity index (χ3n) is 4.35. The number of ether oxygens (including phenoxy) is 2. The minimum atomic E-state index is -0.543. The van der Waals surface area contributed by atoms with Crippen LogP contribution in [0.2, 0.25) is 5.02 Å². The third-order valence-corrected chi connectivity index (χ3v) is 4.61. The maximum atomic E-state index is 12.7. The van der Waals surface area contributed by atoms with Crippen LogP contribution in [0.25, 0.3) is 0 Å². The van der Waals surface area contributed by atoms with Crippen LogP contribution in [0.4, 0.5) is 5.69 Å². The Morgan fingerprint density at radius 1 is 1.29 bits per heavy atom. The second-order valence-electron chi connectivity index (χ2n) is 6.47. The maximum Gasteiger partial charge on any atom is 0.290 e. The SMILES string of the molecule is O=C(Nc1cccnc1)C1=C[C@H](c2ccc(Cl)cc2)C[C@H](OCCCCO)O1. The average molecular weight is 403 g/mol. The second-order valence-corrected chi connectivity index (χ2v) is 6.91. The molecule has 0 bridgehead atoms. The summed E-state index contributed by atoms with van der Waals surface area (Å²) in [5, 5.41) is 12.4. The Hall–Kier alpha value is -2.41. The van der Waals surface area contributed by atoms with E-state index in [9.17, 15) is 4.79 Å². The summed E-state index contributed by atoms with van der Waals surface area (Å²) in [4.78, 5) is 16.7. The quantitative estimate of drug-likeness (QED) is 0.655. The van der Waals surface area contributed by atoms with Gasteiger partial charge in [-0.1, -0.05) is 23.7 Å². The smallest absolute Gasteiger partial charge is 0.290 e. The number of aliphatic hydroxyl groups excluding tert-OH is 1. The maximum absolute atomic E-state index is 12.7. The van der Waals surface area contributed by atoms with Crippen LogP contribution in [0.15, 0.2) is 60.6 Å². The van der Waals surface area contributed by atoms with Crippen molar-refractivity contribution in [2.24, 2.45) is 0 Å². The van der Waals surface area contributed by atoms with Crippen LogP contribution in [-0.4, -0.2) is 35.5 Å². The van der Waals surface area contributed by atoms with Gasteiger partial charge >= 0.3 is 0 Å². The fraction of sp³-hybridized carbons (Fsp3) is 0.333. The first kappa shape index (κ1) is 20.3. The zero-order chi connectivity index (χ0) is 19.8. The summed E-state index contributed by atoms with van der Waals surface area (Å²) in [5.74, 6) is -0.179. The molecule has 2 aromatic rings. The van der Waals surface area contributed by atoms with E-state index in [1.54, 1.807) is 24.5 Å². The molecule has 1 amide bonds. The number of nitrogens with zero attached hydrogens (tertiary/aromatic N) is 1. The van der Waals surface area contributed by atoms with Gasteiger partial charge in [0, 0.05) is 30.2 Å². The number of anilines is 1. The van der Waals surface area contributed by atoms with Gasteiger partial charge in [0.2, 0.25) is 6.29 Å². The molecule has 1 aromatic heterocycles. The molecule has 1 aliphatic heterocycles. The van der Waals surface area contributed by atoms with Crippen LogP contribution >= 0.6 is 11.6 Å². The van der Waals surface area contributed by atoms with E-state index in [-0.39, 0.29) is 24.2 Å². The van der Waals surface area contributed by atoms with E-state index in [1.165, 1.54) is 0 Å². The number of unbranched alkanes of at least 4 members (excludes halogenated alkanes) is 1. The van der Waals surface area contributed by atoms with Crippen molar-refractivity contribution in [3.05, 3.63) is 71.2 Å². The number of pyridine rings is 1. The number of carbonyl (C=O) groups is 1. The summed E-state index contributed by atoms with van der Waals surface area (Å²) in [6, 6.07) is 11.0. The van der Waals surface area contributed by atoms with Gasteiger partial charge in [-0.05, 0) is 48.7 Å². The zero-order valence-corrected chi connectivity index (χ0v) is 16.1. The Labute approximate surface area is 169 Å². The third kappa shape index (κ3) is 5.79. The fourth-order valence-electron chi connectivity index (χ4n) is 2.92. The van der Waals surface area contributed by atoms with Crippen molar-refractivity contribution >= 4 is 23.2 Å². The molecule has 2 N–H and O–H groups in total. The van der Waals surface area contributed by atoms with E-state index in [2.05, 4.69) is 10.3 Å². The molecule has 0 aliphatic carbocycles. The van der Waals surface area contributed by atoms with Crippen LogP contribution < -0.4 is 5.32 Å². The van der Waals surface area contributed by atoms with Crippen LogP contribution in [0, 0.1) is 0 Å². The van der Waals surface area contributed by atoms with E-state index < -0.39 is 6.29 Å². The number of nitrogens with one attached hydrogen (secondary N) is 1. The topological polar surface area (TPSA) is 80.7 Å². The highest BCUT2D eigenvalue weighted by molar-refractivity contribution is 6.30. The van der Waals surface area contributed by atoms with Crippen molar-refractivity contribution in [2.45, 2.75) is 31.5 Å². The van der Waals surface area contributed by atoms with Gasteiger partial charge in [-0.25, -0.2) is 0 Å². The molecule has 1 aliphatic rings. The van der Waals surface area contributed by atoms with E-state index in [0.717, 1.165) is 12.0 Å². The van der Waals surface area contributed by atoms with Crippen LogP contribution in [0.1, 0.15) is 30.7 Å². The van der Waals surface area contributed by atoms with Gasteiger partial charge in [0.25, 0.3) is 5.91 Å². The highest BCUT2D eigenvalue weighted by Crippen LogP contribution is 2.32. The number of rotatable bonds is 8. The van der Waals surface area contributed by atoms with Crippen molar-refractivity contribution in [1.29, 1.82) is 0 Å². The molecule has 0 fully saturated rings. The summed E-state index contributed by atoms with van der Waals surface area (Å²) in [6.07, 6.45) is 6.45. The van der Waals surface area contributed by atoms with Gasteiger partial charge in [0.15, 0.2) is 5.76 Å². The summed E-state index contributed by atoms with van der Waals surface area (Å²) in [5.41, 5.74) is 1.62. The van der Waals surface area contributed by atoms with Crippen molar-refractivity contribution < 1.29 is 19.4 Å². The summed E-state index contributed by atoms with van der Waals surface area (Å²) >= 11 is 5.99. The lowest BCUT2D eigenvalue weighted by Crippen LogP contribution is -2.29. The van der Waals surface area contributed by atoms with Gasteiger partial charge in [-0.2, -0.15) is 0 Å². The predicted octanol–water partition coefficient (Wildman–Crippen LogP) is 3.88. The number of allylic oxidation sites excluding steroid dienone is 1. The normalized spacial score (nSPS) is 18.9. The first-order chi connectivity index (χ1) is 13.7. The highest BCUT2D eigenvalue weighted by atomic mass is 35.5. The average Bonchev–Trinajstić information content (AvgIpc) is 2.72. The van der Waals surface area contributed by atoms with E-state index in [4.69, 9.17) is 26.2 Å². The predicted molar refractivity (Wildman–Crippen MR) is 107 cm³/mol. The molecule has 1 aromatic carbocycles. The lowest BCUT2D eigenvalue weighted by atomic mass is 9.93. The molecule has 2 atom stereocenters. The summed E-state index contributed by atoms with van der Waals surface area (Å²) < 4.78 is 11.6. The number of aliphatic hydroxyl groups is 1. The van der Waals surface area contributed by atoms with Gasteiger partial charge < -0.3 is 19.9 Å². The molecule has 0 saturated heterocycles. The Kier molecular flexibility index (Phi) is 7.42. The molecule has 6 nitrogen and oxygen atoms in total. The highest BCUT2D eigenvalue weighted by Gasteiger charge is 2.28. The van der Waals surface area contributed by atoms with Crippen LogP contribution in [0.3, 0.4) is 0 Å². The standard InChI is InChI=1S/C21H23ClN2O4/c22-17-7-5-15(6-8-17)16-12-19(21(26)24-18-4-3-9-23-14-18)28-20(13-16)27-11-2-1-10-25/h3-9,12,14,16,20,25H,1-2,10-11,13H2,(H,24,26)/t16-,20+/m0/s1. The molecule has 0 unspecified atom stereocenters. The molecule has 148 valence electrons. The molecule has 0 radical (unpaired) electrons. The Balaban J connectivity index is 1.74. The van der Waals surface area contributed by atoms with E-state index >= 15 is 0 Å². The second kappa shape index (κ2) is 10.2. The Morgan fingerprint density at radius 2 is 2.11 bits per heavy atom. The number of hydrogen-bond donors (Lipinski definition) is 2. The van der Waals surface area contributed by atoms with Crippen molar-refractivity contribution in [3.63, 3.8) is 0 Å². The van der Waals surface area contributed by atoms with Gasteiger partial charge in [0.05, 0.1) is 18.5 Å². The lowest BCUT2D eigenvalue weighted by Gasteiger charge is -2.29. The molecule has 3 rings (SSSR count). The minimum absolute atomic E-state index is 0.0384. The monoisotopic (exact) mass is 402 g/mol. The Bertz CT molecular complexity index is 796. The first-order valence-corrected chi connectivity index (χ1v) is 9.61. The molecule has 28 heavy (non-hydrogen) atoms. The largest absolute Gasteiger partial charge is 0.459 e. The lowest BCUT2D eigenvalue weighted by molar-refractivity contribution is -0.143. The number of amides is 1. The van der Waals surface area contributed by atoms with Gasteiger partial charge in [-0.15, -0.1) is 0 Å². The summed E-state index contributed by atoms with van der Waals surface area (Å²) in [6.45, 7) is 0.580. The number of hydrogen-bond acceptors (Lipinski definition) is 5. The zero-order valence-electron chi connectivity index (χ0n) is 15.4. The van der Waals surface area contributed by atoms with Crippen LogP contribution in [0.5, 0.6) is 0 Å².